The molecular formula is C18H13FN2O2S2. The van der Waals surface area contributed by atoms with E-state index in [1.165, 1.54) is 35.2 Å². The second kappa shape index (κ2) is 6.50. The molecule has 1 unspecified atom stereocenters. The van der Waals surface area contributed by atoms with E-state index in [9.17, 15) is 9.18 Å². The first-order valence-electron chi connectivity index (χ1n) is 7.59. The van der Waals surface area contributed by atoms with Crippen molar-refractivity contribution in [1.82, 2.24) is 9.97 Å². The summed E-state index contributed by atoms with van der Waals surface area (Å²) in [7, 11) is 0. The summed E-state index contributed by atoms with van der Waals surface area (Å²) < 4.78 is 18.4. The molecule has 0 aliphatic carbocycles. The summed E-state index contributed by atoms with van der Waals surface area (Å²) in [6.07, 6.45) is 1.58. The molecule has 1 aromatic carbocycles. The molecule has 0 saturated heterocycles. The lowest BCUT2D eigenvalue weighted by Crippen LogP contribution is -2.12. The number of rotatable bonds is 4. The number of aromatic nitrogens is 2. The second-order valence-corrected chi connectivity index (χ2v) is 7.74. The Kier molecular flexibility index (Phi) is 4.19. The number of thiophene rings is 1. The van der Waals surface area contributed by atoms with Gasteiger partial charge < -0.3 is 9.40 Å². The fraction of sp³-hybridized carbons (Fsp3) is 0.111. The topological polar surface area (TPSA) is 58.9 Å². The molecule has 4 aromatic rings. The summed E-state index contributed by atoms with van der Waals surface area (Å²) in [4.78, 5) is 21.7. The molecule has 4 nitrogen and oxygen atoms in total. The highest BCUT2D eigenvalue weighted by molar-refractivity contribution is 7.99. The van der Waals surface area contributed by atoms with Crippen molar-refractivity contribution >= 4 is 33.3 Å². The Morgan fingerprint density at radius 1 is 1.28 bits per heavy atom. The third-order valence-electron chi connectivity index (χ3n) is 3.76. The third-order valence-corrected chi connectivity index (χ3v) is 5.75. The van der Waals surface area contributed by atoms with Crippen molar-refractivity contribution in [2.45, 2.75) is 17.1 Å². The van der Waals surface area contributed by atoms with E-state index >= 15 is 0 Å². The zero-order chi connectivity index (χ0) is 17.4. The van der Waals surface area contributed by atoms with Crippen LogP contribution in [0.25, 0.3) is 21.5 Å². The number of nitrogens with one attached hydrogen (secondary N) is 1. The minimum Gasteiger partial charge on any atom is -0.464 e. The lowest BCUT2D eigenvalue weighted by molar-refractivity contribution is 0.583. The molecule has 3 aromatic heterocycles. The van der Waals surface area contributed by atoms with Crippen molar-refractivity contribution in [1.29, 1.82) is 0 Å². The summed E-state index contributed by atoms with van der Waals surface area (Å²) in [6, 6.07) is 9.88. The number of halogens is 1. The smallest absolute Gasteiger partial charge is 0.260 e. The average molecular weight is 372 g/mol. The van der Waals surface area contributed by atoms with Crippen LogP contribution in [0.4, 0.5) is 4.39 Å². The van der Waals surface area contributed by atoms with Gasteiger partial charge in [0.2, 0.25) is 0 Å². The number of hydrogen-bond donors (Lipinski definition) is 1. The number of hydrogen-bond acceptors (Lipinski definition) is 5. The van der Waals surface area contributed by atoms with E-state index < -0.39 is 0 Å². The van der Waals surface area contributed by atoms with Gasteiger partial charge in [-0.05, 0) is 43.3 Å². The molecular weight excluding hydrogens is 359 g/mol. The highest BCUT2D eigenvalue weighted by Gasteiger charge is 2.17. The minimum absolute atomic E-state index is 0.0725. The molecule has 1 atom stereocenters. The number of furan rings is 1. The first-order chi connectivity index (χ1) is 12.1. The van der Waals surface area contributed by atoms with E-state index in [4.69, 9.17) is 4.42 Å². The normalized spacial score (nSPS) is 12.6. The zero-order valence-electron chi connectivity index (χ0n) is 13.2. The van der Waals surface area contributed by atoms with Gasteiger partial charge in [-0.2, -0.15) is 0 Å². The van der Waals surface area contributed by atoms with Crippen molar-refractivity contribution in [2.75, 3.05) is 0 Å². The monoisotopic (exact) mass is 372 g/mol. The molecule has 0 radical (unpaired) electrons. The van der Waals surface area contributed by atoms with Crippen molar-refractivity contribution < 1.29 is 8.81 Å². The van der Waals surface area contributed by atoms with Gasteiger partial charge in [0.25, 0.3) is 5.56 Å². The van der Waals surface area contributed by atoms with Crippen molar-refractivity contribution in [3.63, 3.8) is 0 Å². The Hall–Kier alpha value is -2.38. The lowest BCUT2D eigenvalue weighted by atomic mass is 10.2. The van der Waals surface area contributed by atoms with Gasteiger partial charge in [0.05, 0.1) is 16.9 Å². The van der Waals surface area contributed by atoms with Crippen LogP contribution in [-0.2, 0) is 0 Å². The van der Waals surface area contributed by atoms with Crippen LogP contribution < -0.4 is 5.56 Å². The van der Waals surface area contributed by atoms with Gasteiger partial charge in [-0.25, -0.2) is 9.37 Å². The Morgan fingerprint density at radius 3 is 2.80 bits per heavy atom. The van der Waals surface area contributed by atoms with E-state index in [-0.39, 0.29) is 16.6 Å². The fourth-order valence-electron chi connectivity index (χ4n) is 2.54. The Labute approximate surface area is 150 Å². The Balaban J connectivity index is 1.69. The molecule has 0 saturated carbocycles. The molecule has 0 fully saturated rings. The van der Waals surface area contributed by atoms with Crippen LogP contribution in [-0.4, -0.2) is 9.97 Å². The first kappa shape index (κ1) is 16.1. The quantitative estimate of drug-likeness (QED) is 0.498. The fourth-order valence-corrected chi connectivity index (χ4v) is 4.40. The van der Waals surface area contributed by atoms with Crippen molar-refractivity contribution in [3.05, 3.63) is 70.0 Å². The zero-order valence-corrected chi connectivity index (χ0v) is 14.8. The number of thioether (sulfide) groups is 1. The summed E-state index contributed by atoms with van der Waals surface area (Å²) in [5.74, 6) is 0.980. The van der Waals surface area contributed by atoms with Crippen LogP contribution in [0.3, 0.4) is 0 Å². The van der Waals surface area contributed by atoms with E-state index in [2.05, 4.69) is 9.97 Å². The maximum absolute atomic E-state index is 13.0. The standard InChI is InChI=1S/C18H13FN2O2S2/c1-10(25-12-6-4-11(19)5-7-12)16-20-17(22)15-13(9-24-18(15)21-16)14-3-2-8-23-14/h2-10H,1H3,(H,20,21,22). The average Bonchev–Trinajstić information content (AvgIpc) is 3.25. The largest absolute Gasteiger partial charge is 0.464 e. The van der Waals surface area contributed by atoms with Crippen molar-refractivity contribution in [3.8, 4) is 11.3 Å². The van der Waals surface area contributed by atoms with Crippen LogP contribution in [0.2, 0.25) is 0 Å². The molecule has 0 spiro atoms. The predicted octanol–water partition coefficient (Wildman–Crippen LogP) is 5.24. The highest BCUT2D eigenvalue weighted by Crippen LogP contribution is 2.35. The first-order valence-corrected chi connectivity index (χ1v) is 9.35. The summed E-state index contributed by atoms with van der Waals surface area (Å²) in [5.41, 5.74) is 0.573. The maximum atomic E-state index is 13.0. The Bertz CT molecular complexity index is 1070. The van der Waals surface area contributed by atoms with Crippen LogP contribution in [0, 0.1) is 5.82 Å². The van der Waals surface area contributed by atoms with E-state index in [1.54, 1.807) is 24.5 Å². The van der Waals surface area contributed by atoms with Crippen molar-refractivity contribution in [2.24, 2.45) is 0 Å². The second-order valence-electron chi connectivity index (χ2n) is 5.47. The van der Waals surface area contributed by atoms with E-state index in [1.807, 2.05) is 18.4 Å². The van der Waals surface area contributed by atoms with Gasteiger partial charge in [-0.15, -0.1) is 23.1 Å². The molecule has 7 heteroatoms. The van der Waals surface area contributed by atoms with Crippen LogP contribution in [0.15, 0.2) is 62.1 Å². The Morgan fingerprint density at radius 2 is 2.08 bits per heavy atom. The van der Waals surface area contributed by atoms with Crippen LogP contribution in [0.1, 0.15) is 18.0 Å². The molecule has 0 aliphatic heterocycles. The van der Waals surface area contributed by atoms with Gasteiger partial charge in [-0.1, -0.05) is 0 Å². The number of H-pyrrole nitrogens is 1. The maximum Gasteiger partial charge on any atom is 0.260 e. The third kappa shape index (κ3) is 3.12. The summed E-state index contributed by atoms with van der Waals surface area (Å²) in [6.45, 7) is 1.96. The number of nitrogens with zero attached hydrogens (tertiary/aromatic N) is 1. The predicted molar refractivity (Wildman–Crippen MR) is 98.6 cm³/mol. The van der Waals surface area contributed by atoms with Gasteiger partial charge in [0.15, 0.2) is 0 Å². The SMILES string of the molecule is CC(Sc1ccc(F)cc1)c1nc2scc(-c3ccco3)c2c(=O)[nH]1. The lowest BCUT2D eigenvalue weighted by Gasteiger charge is -2.10. The molecule has 3 heterocycles. The number of fused-ring (bicyclic) bond motifs is 1. The number of aromatic amines is 1. The van der Waals surface area contributed by atoms with Gasteiger partial charge >= 0.3 is 0 Å². The van der Waals surface area contributed by atoms with Crippen LogP contribution in [0.5, 0.6) is 0 Å². The minimum atomic E-state index is -0.269. The molecule has 0 bridgehead atoms. The van der Waals surface area contributed by atoms with E-state index in [0.717, 1.165) is 10.5 Å². The van der Waals surface area contributed by atoms with Gasteiger partial charge in [0, 0.05) is 15.8 Å². The molecule has 126 valence electrons. The summed E-state index contributed by atoms with van der Waals surface area (Å²) >= 11 is 2.93. The number of benzene rings is 1. The molecule has 4 rings (SSSR count). The highest BCUT2D eigenvalue weighted by atomic mass is 32.2. The van der Waals surface area contributed by atoms with Gasteiger partial charge in [0.1, 0.15) is 22.2 Å². The molecule has 0 amide bonds. The molecule has 25 heavy (non-hydrogen) atoms. The summed E-state index contributed by atoms with van der Waals surface area (Å²) in [5, 5.41) is 2.35. The molecule has 1 N–H and O–H groups in total. The van der Waals surface area contributed by atoms with Crippen LogP contribution >= 0.6 is 23.1 Å². The van der Waals surface area contributed by atoms with E-state index in [0.29, 0.717) is 21.8 Å². The molecule has 0 aliphatic rings. The van der Waals surface area contributed by atoms with Gasteiger partial charge in [-0.3, -0.25) is 4.79 Å².